The van der Waals surface area contributed by atoms with Crippen LogP contribution in [-0.4, -0.2) is 29.9 Å². The average Bonchev–Trinajstić information content (AvgIpc) is 3.52. The molecule has 9 heteroatoms. The summed E-state index contributed by atoms with van der Waals surface area (Å²) in [6.45, 7) is 0. The first-order valence-corrected chi connectivity index (χ1v) is 10.2. The molecule has 1 heterocycles. The predicted molar refractivity (Wildman–Crippen MR) is 114 cm³/mol. The molecular weight excluding hydrogens is 422 g/mol. The van der Waals surface area contributed by atoms with Crippen molar-refractivity contribution >= 4 is 46.2 Å². The van der Waals surface area contributed by atoms with Gasteiger partial charge >= 0.3 is 17.8 Å². The summed E-state index contributed by atoms with van der Waals surface area (Å²) < 4.78 is 10.4. The molecular formula is C22H20ClN3O5. The Morgan fingerprint density at radius 1 is 1.19 bits per heavy atom. The van der Waals surface area contributed by atoms with E-state index in [0.29, 0.717) is 39.2 Å². The van der Waals surface area contributed by atoms with Crippen LogP contribution in [0.3, 0.4) is 0 Å². The molecule has 2 amide bonds. The highest BCUT2D eigenvalue weighted by molar-refractivity contribution is 6.39. The van der Waals surface area contributed by atoms with Crippen LogP contribution in [0, 0.1) is 0 Å². The van der Waals surface area contributed by atoms with Gasteiger partial charge in [-0.1, -0.05) is 29.8 Å². The van der Waals surface area contributed by atoms with Crippen molar-refractivity contribution in [2.24, 2.45) is 0 Å². The molecule has 0 saturated heterocycles. The molecule has 2 N–H and O–H groups in total. The fourth-order valence-corrected chi connectivity index (χ4v) is 3.45. The Kier molecular flexibility index (Phi) is 5.90. The summed E-state index contributed by atoms with van der Waals surface area (Å²) in [4.78, 5) is 41.2. The molecule has 1 unspecified atom stereocenters. The van der Waals surface area contributed by atoms with Crippen molar-refractivity contribution in [1.29, 1.82) is 0 Å². The van der Waals surface area contributed by atoms with Crippen LogP contribution in [0.4, 0.5) is 5.69 Å². The first kappa shape index (κ1) is 20.9. The van der Waals surface area contributed by atoms with Crippen LogP contribution in [0.25, 0.3) is 11.1 Å². The number of rotatable bonds is 6. The van der Waals surface area contributed by atoms with Gasteiger partial charge in [-0.15, -0.1) is 0 Å². The number of benzene rings is 2. The number of aromatic nitrogens is 1. The van der Waals surface area contributed by atoms with Crippen molar-refractivity contribution in [3.63, 3.8) is 0 Å². The molecule has 0 spiro atoms. The van der Waals surface area contributed by atoms with Gasteiger partial charge in [-0.25, -0.2) is 4.98 Å². The van der Waals surface area contributed by atoms with Crippen LogP contribution in [0.15, 0.2) is 46.9 Å². The van der Waals surface area contributed by atoms with E-state index in [9.17, 15) is 14.4 Å². The van der Waals surface area contributed by atoms with Gasteiger partial charge in [0.15, 0.2) is 11.5 Å². The minimum absolute atomic E-state index is 0.173. The first-order chi connectivity index (χ1) is 14.9. The molecule has 3 aromatic rings. The molecule has 1 aromatic heterocycles. The van der Waals surface area contributed by atoms with Gasteiger partial charge in [-0.2, -0.15) is 0 Å². The van der Waals surface area contributed by atoms with Crippen molar-refractivity contribution < 1.29 is 23.5 Å². The van der Waals surface area contributed by atoms with E-state index in [1.165, 1.54) is 7.11 Å². The average molecular weight is 442 g/mol. The lowest BCUT2D eigenvalue weighted by molar-refractivity contribution is -0.142. The van der Waals surface area contributed by atoms with E-state index in [-0.39, 0.29) is 6.42 Å². The Morgan fingerprint density at radius 3 is 2.68 bits per heavy atom. The zero-order valence-electron chi connectivity index (χ0n) is 16.7. The fraction of sp³-hybridized carbons (Fsp3) is 0.273. The quantitative estimate of drug-likeness (QED) is 0.445. The summed E-state index contributed by atoms with van der Waals surface area (Å²) in [5.74, 6) is -1.28. The summed E-state index contributed by atoms with van der Waals surface area (Å²) >= 11 is 6.20. The van der Waals surface area contributed by atoms with E-state index in [1.54, 1.807) is 42.5 Å². The van der Waals surface area contributed by atoms with Crippen molar-refractivity contribution in [3.8, 4) is 0 Å². The van der Waals surface area contributed by atoms with Gasteiger partial charge in [-0.05, 0) is 42.7 Å². The lowest BCUT2D eigenvalue weighted by atomic mass is 10.0. The van der Waals surface area contributed by atoms with Crippen LogP contribution >= 0.6 is 11.6 Å². The molecule has 4 rings (SSSR count). The molecule has 1 aliphatic rings. The number of hydrogen-bond donors (Lipinski definition) is 2. The zero-order valence-corrected chi connectivity index (χ0v) is 17.4. The molecule has 8 nitrogen and oxygen atoms in total. The van der Waals surface area contributed by atoms with E-state index in [4.69, 9.17) is 20.8 Å². The van der Waals surface area contributed by atoms with E-state index in [1.807, 2.05) is 0 Å². The minimum atomic E-state index is -0.909. The summed E-state index contributed by atoms with van der Waals surface area (Å²) in [5.41, 5.74) is 2.15. The SMILES string of the molecule is COC(=O)CC(NC(=O)C(=O)Nc1ccc2oc(C3CC3)nc2c1)c1ccccc1Cl. The molecule has 1 aliphatic carbocycles. The summed E-state index contributed by atoms with van der Waals surface area (Å²) in [6.07, 6.45) is 1.96. The molecule has 0 aliphatic heterocycles. The number of nitrogens with zero attached hydrogens (tertiary/aromatic N) is 1. The maximum atomic E-state index is 12.5. The van der Waals surface area contributed by atoms with Crippen LogP contribution in [-0.2, 0) is 19.1 Å². The van der Waals surface area contributed by atoms with Crippen LogP contribution < -0.4 is 10.6 Å². The van der Waals surface area contributed by atoms with E-state index in [0.717, 1.165) is 12.8 Å². The summed E-state index contributed by atoms with van der Waals surface area (Å²) in [5, 5.41) is 5.46. The lowest BCUT2D eigenvalue weighted by Gasteiger charge is -2.19. The molecule has 1 fully saturated rings. The summed E-state index contributed by atoms with van der Waals surface area (Å²) in [6, 6.07) is 10.9. The number of ether oxygens (including phenoxy) is 1. The van der Waals surface area contributed by atoms with Crippen molar-refractivity contribution in [3.05, 3.63) is 58.9 Å². The highest BCUT2D eigenvalue weighted by Gasteiger charge is 2.29. The molecule has 1 saturated carbocycles. The second-order valence-electron chi connectivity index (χ2n) is 7.29. The third-order valence-electron chi connectivity index (χ3n) is 4.98. The van der Waals surface area contributed by atoms with Crippen LogP contribution in [0.5, 0.6) is 0 Å². The minimum Gasteiger partial charge on any atom is -0.469 e. The van der Waals surface area contributed by atoms with E-state index < -0.39 is 23.8 Å². The maximum absolute atomic E-state index is 12.5. The van der Waals surface area contributed by atoms with Gasteiger partial charge < -0.3 is 19.8 Å². The Balaban J connectivity index is 1.46. The van der Waals surface area contributed by atoms with Crippen molar-refractivity contribution in [2.45, 2.75) is 31.2 Å². The van der Waals surface area contributed by atoms with Crippen LogP contribution in [0.1, 0.15) is 42.7 Å². The number of amides is 2. The summed E-state index contributed by atoms with van der Waals surface area (Å²) in [7, 11) is 1.25. The topological polar surface area (TPSA) is 111 Å². The molecule has 2 aromatic carbocycles. The van der Waals surface area contributed by atoms with E-state index in [2.05, 4.69) is 15.6 Å². The largest absolute Gasteiger partial charge is 0.469 e. The number of nitrogens with one attached hydrogen (secondary N) is 2. The van der Waals surface area contributed by atoms with Crippen molar-refractivity contribution in [1.82, 2.24) is 10.3 Å². The monoisotopic (exact) mass is 441 g/mol. The van der Waals surface area contributed by atoms with Gasteiger partial charge in [0.2, 0.25) is 0 Å². The number of oxazole rings is 1. The molecule has 0 radical (unpaired) electrons. The highest BCUT2D eigenvalue weighted by Crippen LogP contribution is 2.40. The molecule has 160 valence electrons. The smallest absolute Gasteiger partial charge is 0.313 e. The van der Waals surface area contributed by atoms with E-state index >= 15 is 0 Å². The standard InChI is InChI=1S/C22H20ClN3O5/c1-30-19(27)11-16(14-4-2-3-5-15(14)23)25-21(29)20(28)24-13-8-9-18-17(10-13)26-22(31-18)12-6-7-12/h2-5,8-10,12,16H,6-7,11H2,1H3,(H,24,28)(H,25,29). The Morgan fingerprint density at radius 2 is 1.97 bits per heavy atom. The Hall–Kier alpha value is -3.39. The number of carbonyl (C=O) groups is 3. The fourth-order valence-electron chi connectivity index (χ4n) is 3.19. The highest BCUT2D eigenvalue weighted by atomic mass is 35.5. The maximum Gasteiger partial charge on any atom is 0.313 e. The first-order valence-electron chi connectivity index (χ1n) is 9.78. The van der Waals surface area contributed by atoms with Crippen molar-refractivity contribution in [2.75, 3.05) is 12.4 Å². The second kappa shape index (κ2) is 8.77. The Labute approximate surface area is 182 Å². The number of anilines is 1. The molecule has 0 bridgehead atoms. The second-order valence-corrected chi connectivity index (χ2v) is 7.70. The molecule has 31 heavy (non-hydrogen) atoms. The third-order valence-corrected chi connectivity index (χ3v) is 5.32. The number of fused-ring (bicyclic) bond motifs is 1. The normalized spacial score (nSPS) is 14.1. The number of methoxy groups -OCH3 is 1. The predicted octanol–water partition coefficient (Wildman–Crippen LogP) is 3.72. The van der Waals surface area contributed by atoms with Gasteiger partial charge in [0.1, 0.15) is 5.52 Å². The number of esters is 1. The molecule has 1 atom stereocenters. The van der Waals surface area contributed by atoms with Gasteiger partial charge in [0.05, 0.1) is 19.6 Å². The van der Waals surface area contributed by atoms with Gasteiger partial charge in [0.25, 0.3) is 0 Å². The number of carbonyl (C=O) groups excluding carboxylic acids is 3. The van der Waals surface area contributed by atoms with Crippen LogP contribution in [0.2, 0.25) is 5.02 Å². The lowest BCUT2D eigenvalue weighted by Crippen LogP contribution is -2.38. The third kappa shape index (κ3) is 4.86. The zero-order chi connectivity index (χ0) is 22.0. The number of halogens is 1. The number of hydrogen-bond acceptors (Lipinski definition) is 6. The Bertz CT molecular complexity index is 1160. The van der Waals surface area contributed by atoms with Gasteiger partial charge in [-0.3, -0.25) is 14.4 Å². The van der Waals surface area contributed by atoms with Gasteiger partial charge in [0, 0.05) is 16.6 Å².